The summed E-state index contributed by atoms with van der Waals surface area (Å²) in [5, 5.41) is 8.10. The highest BCUT2D eigenvalue weighted by Crippen LogP contribution is 2.33. The molecular formula is C17H23NOS. The molecule has 2 nitrogen and oxygen atoms in total. The molecule has 0 saturated heterocycles. The number of para-hydroxylation sites is 1. The topological polar surface area (TPSA) is 21.3 Å². The summed E-state index contributed by atoms with van der Waals surface area (Å²) in [7, 11) is 0. The summed E-state index contributed by atoms with van der Waals surface area (Å²) in [6.45, 7) is 8.09. The summed E-state index contributed by atoms with van der Waals surface area (Å²) in [6, 6.07) is 8.55. The Labute approximate surface area is 125 Å². The van der Waals surface area contributed by atoms with E-state index >= 15 is 0 Å². The van der Waals surface area contributed by atoms with Crippen molar-refractivity contribution in [1.82, 2.24) is 5.32 Å². The van der Waals surface area contributed by atoms with E-state index in [-0.39, 0.29) is 6.04 Å². The van der Waals surface area contributed by atoms with Crippen molar-refractivity contribution < 1.29 is 4.74 Å². The molecule has 1 unspecified atom stereocenters. The van der Waals surface area contributed by atoms with Gasteiger partial charge in [0.15, 0.2) is 0 Å². The Bertz CT molecular complexity index is 535. The van der Waals surface area contributed by atoms with E-state index in [1.807, 2.05) is 13.0 Å². The first-order chi connectivity index (χ1) is 9.77. The van der Waals surface area contributed by atoms with Gasteiger partial charge in [-0.1, -0.05) is 25.1 Å². The van der Waals surface area contributed by atoms with Crippen LogP contribution in [0.1, 0.15) is 43.0 Å². The molecule has 0 aliphatic carbocycles. The van der Waals surface area contributed by atoms with Gasteiger partial charge in [0.2, 0.25) is 0 Å². The summed E-state index contributed by atoms with van der Waals surface area (Å²) < 4.78 is 5.80. The van der Waals surface area contributed by atoms with Crippen molar-refractivity contribution in [2.45, 2.75) is 33.2 Å². The van der Waals surface area contributed by atoms with E-state index in [1.165, 1.54) is 16.7 Å². The fourth-order valence-electron chi connectivity index (χ4n) is 2.35. The lowest BCUT2D eigenvalue weighted by molar-refractivity contribution is 0.333. The van der Waals surface area contributed by atoms with Crippen molar-refractivity contribution in [3.63, 3.8) is 0 Å². The first-order valence-electron chi connectivity index (χ1n) is 7.25. The molecule has 1 atom stereocenters. The van der Waals surface area contributed by atoms with Crippen LogP contribution in [0.2, 0.25) is 0 Å². The van der Waals surface area contributed by atoms with Crippen LogP contribution in [0.25, 0.3) is 0 Å². The first-order valence-corrected chi connectivity index (χ1v) is 8.20. The molecule has 0 radical (unpaired) electrons. The van der Waals surface area contributed by atoms with Crippen molar-refractivity contribution >= 4 is 11.3 Å². The van der Waals surface area contributed by atoms with Gasteiger partial charge in [-0.3, -0.25) is 0 Å². The standard InChI is InChI=1S/C17H23NOS/c1-4-10-18-17(15-12-20-11-13(15)3)14-8-6-7-9-16(14)19-5-2/h6-9,11-12,17-18H,4-5,10H2,1-3H3. The smallest absolute Gasteiger partial charge is 0.124 e. The number of benzene rings is 1. The molecule has 0 amide bonds. The maximum absolute atomic E-state index is 5.80. The summed E-state index contributed by atoms with van der Waals surface area (Å²) in [6.07, 6.45) is 1.12. The maximum atomic E-state index is 5.80. The van der Waals surface area contributed by atoms with Crippen LogP contribution in [0.4, 0.5) is 0 Å². The van der Waals surface area contributed by atoms with Crippen molar-refractivity contribution in [3.8, 4) is 5.75 Å². The van der Waals surface area contributed by atoms with Crippen LogP contribution in [-0.4, -0.2) is 13.2 Å². The average molecular weight is 289 g/mol. The van der Waals surface area contributed by atoms with Gasteiger partial charge in [-0.15, -0.1) is 0 Å². The number of nitrogens with one attached hydrogen (secondary N) is 1. The zero-order chi connectivity index (χ0) is 14.4. The van der Waals surface area contributed by atoms with Gasteiger partial charge in [-0.05, 0) is 54.8 Å². The lowest BCUT2D eigenvalue weighted by Gasteiger charge is -2.22. The molecule has 1 aromatic carbocycles. The Kier molecular flexibility index (Phi) is 5.62. The zero-order valence-corrected chi connectivity index (χ0v) is 13.3. The Morgan fingerprint density at radius 3 is 2.60 bits per heavy atom. The van der Waals surface area contributed by atoms with Crippen LogP contribution >= 0.6 is 11.3 Å². The largest absolute Gasteiger partial charge is 0.494 e. The number of thiophene rings is 1. The van der Waals surface area contributed by atoms with E-state index in [0.29, 0.717) is 6.61 Å². The molecule has 1 heterocycles. The van der Waals surface area contributed by atoms with E-state index in [2.05, 4.69) is 48.1 Å². The van der Waals surface area contributed by atoms with Crippen LogP contribution in [0.5, 0.6) is 5.75 Å². The van der Waals surface area contributed by atoms with Gasteiger partial charge in [0.05, 0.1) is 12.6 Å². The molecule has 0 aliphatic heterocycles. The molecule has 0 bridgehead atoms. The third-order valence-corrected chi connectivity index (χ3v) is 4.21. The third-order valence-electron chi connectivity index (χ3n) is 3.33. The van der Waals surface area contributed by atoms with Crippen molar-refractivity contribution in [1.29, 1.82) is 0 Å². The molecule has 0 saturated carbocycles. The molecule has 1 N–H and O–H groups in total. The Hall–Kier alpha value is -1.32. The third kappa shape index (κ3) is 3.41. The number of ether oxygens (including phenoxy) is 1. The fourth-order valence-corrected chi connectivity index (χ4v) is 3.23. The molecule has 108 valence electrons. The van der Waals surface area contributed by atoms with Crippen LogP contribution in [0.15, 0.2) is 35.0 Å². The fraction of sp³-hybridized carbons (Fsp3) is 0.412. The number of rotatable bonds is 7. The molecule has 1 aromatic heterocycles. The molecular weight excluding hydrogens is 266 g/mol. The van der Waals surface area contributed by atoms with Crippen molar-refractivity contribution in [2.75, 3.05) is 13.2 Å². The predicted molar refractivity (Wildman–Crippen MR) is 86.8 cm³/mol. The van der Waals surface area contributed by atoms with E-state index < -0.39 is 0 Å². The van der Waals surface area contributed by atoms with Crippen LogP contribution in [0.3, 0.4) is 0 Å². The molecule has 20 heavy (non-hydrogen) atoms. The molecule has 0 fully saturated rings. The van der Waals surface area contributed by atoms with E-state index in [0.717, 1.165) is 18.7 Å². The minimum atomic E-state index is 0.212. The molecule has 2 rings (SSSR count). The Morgan fingerprint density at radius 1 is 1.15 bits per heavy atom. The minimum Gasteiger partial charge on any atom is -0.494 e. The lowest BCUT2D eigenvalue weighted by atomic mass is 9.97. The zero-order valence-electron chi connectivity index (χ0n) is 12.5. The second kappa shape index (κ2) is 7.46. The Balaban J connectivity index is 2.38. The normalized spacial score (nSPS) is 12.3. The monoisotopic (exact) mass is 289 g/mol. The van der Waals surface area contributed by atoms with Gasteiger partial charge in [-0.25, -0.2) is 0 Å². The van der Waals surface area contributed by atoms with Gasteiger partial charge in [0.1, 0.15) is 5.75 Å². The van der Waals surface area contributed by atoms with E-state index in [9.17, 15) is 0 Å². The van der Waals surface area contributed by atoms with E-state index in [1.54, 1.807) is 11.3 Å². The maximum Gasteiger partial charge on any atom is 0.124 e. The Morgan fingerprint density at radius 2 is 1.95 bits per heavy atom. The van der Waals surface area contributed by atoms with Crippen molar-refractivity contribution in [3.05, 3.63) is 51.7 Å². The second-order valence-corrected chi connectivity index (χ2v) is 5.61. The summed E-state index contributed by atoms with van der Waals surface area (Å²) in [5.74, 6) is 0.981. The number of hydrogen-bond acceptors (Lipinski definition) is 3. The summed E-state index contributed by atoms with van der Waals surface area (Å²) in [4.78, 5) is 0. The predicted octanol–water partition coefficient (Wildman–Crippen LogP) is 4.54. The highest BCUT2D eigenvalue weighted by Gasteiger charge is 2.19. The molecule has 0 spiro atoms. The molecule has 2 aromatic rings. The SMILES string of the molecule is CCCNC(c1cscc1C)c1ccccc1OCC. The van der Waals surface area contributed by atoms with Crippen molar-refractivity contribution in [2.24, 2.45) is 0 Å². The minimum absolute atomic E-state index is 0.212. The number of hydrogen-bond donors (Lipinski definition) is 1. The van der Waals surface area contributed by atoms with Gasteiger partial charge in [-0.2, -0.15) is 11.3 Å². The van der Waals surface area contributed by atoms with Gasteiger partial charge < -0.3 is 10.1 Å². The van der Waals surface area contributed by atoms with Gasteiger partial charge in [0.25, 0.3) is 0 Å². The summed E-state index contributed by atoms with van der Waals surface area (Å²) >= 11 is 1.76. The van der Waals surface area contributed by atoms with Gasteiger partial charge >= 0.3 is 0 Å². The van der Waals surface area contributed by atoms with E-state index in [4.69, 9.17) is 4.74 Å². The quantitative estimate of drug-likeness (QED) is 0.807. The summed E-state index contributed by atoms with van der Waals surface area (Å²) in [5.41, 5.74) is 3.93. The molecule has 3 heteroatoms. The first kappa shape index (κ1) is 15.1. The average Bonchev–Trinajstić information content (AvgIpc) is 2.88. The van der Waals surface area contributed by atoms with Crippen LogP contribution in [-0.2, 0) is 0 Å². The number of aryl methyl sites for hydroxylation is 1. The highest BCUT2D eigenvalue weighted by atomic mass is 32.1. The van der Waals surface area contributed by atoms with Crippen LogP contribution in [0, 0.1) is 6.92 Å². The van der Waals surface area contributed by atoms with Gasteiger partial charge in [0, 0.05) is 5.56 Å². The highest BCUT2D eigenvalue weighted by molar-refractivity contribution is 7.08. The van der Waals surface area contributed by atoms with Crippen LogP contribution < -0.4 is 10.1 Å². The molecule has 0 aliphatic rings. The lowest BCUT2D eigenvalue weighted by Crippen LogP contribution is -2.24. The second-order valence-electron chi connectivity index (χ2n) is 4.87.